The number of hydrogen-bond acceptors (Lipinski definition) is 8. The summed E-state index contributed by atoms with van der Waals surface area (Å²) in [5.74, 6) is 0.626. The molecule has 0 aliphatic rings. The lowest BCUT2D eigenvalue weighted by molar-refractivity contribution is -0.633. The maximum Gasteiger partial charge on any atom is 0.227 e. The number of para-hydroxylation sites is 2. The maximum absolute atomic E-state index is 6.44. The molecule has 0 atom stereocenters. The minimum atomic E-state index is 0.192. The third kappa shape index (κ3) is 15.5. The Kier molecular flexibility index (Phi) is 22.1. The Labute approximate surface area is 734 Å². The quantitative estimate of drug-likeness (QED) is 0.124. The number of benzene rings is 8. The van der Waals surface area contributed by atoms with Crippen molar-refractivity contribution >= 4 is 132 Å². The van der Waals surface area contributed by atoms with Crippen molar-refractivity contribution < 1.29 is 35.9 Å². The fourth-order valence-electron chi connectivity index (χ4n) is 19.2. The largest absolute Gasteiger partial charge is 0.437 e. The molecule has 0 saturated carbocycles. The first-order valence-corrected chi connectivity index (χ1v) is 44.5. The third-order valence-electron chi connectivity index (χ3n) is 25.9. The van der Waals surface area contributed by atoms with Crippen LogP contribution in [0.1, 0.15) is 158 Å². The van der Waals surface area contributed by atoms with Gasteiger partial charge in [-0.25, -0.2) is 19.9 Å². The summed E-state index contributed by atoms with van der Waals surface area (Å²) in [5, 5.41) is 14.1. The summed E-state index contributed by atoms with van der Waals surface area (Å²) in [6.07, 6.45) is 5.32. The maximum atomic E-state index is 6.44. The Morgan fingerprint density at radius 3 is 0.912 bits per heavy atom. The molecule has 0 aliphatic heterocycles. The van der Waals surface area contributed by atoms with Gasteiger partial charge in [-0.2, -0.15) is 18.3 Å². The van der Waals surface area contributed by atoms with E-state index in [1.807, 2.05) is 27.7 Å². The van der Waals surface area contributed by atoms with Gasteiger partial charge in [0.05, 0.1) is 22.3 Å². The smallest absolute Gasteiger partial charge is 0.227 e. The second kappa shape index (κ2) is 32.7. The number of rotatable bonds is 10. The van der Waals surface area contributed by atoms with Crippen LogP contribution in [0.2, 0.25) is 0 Å². The van der Waals surface area contributed by atoms with Gasteiger partial charge in [0, 0.05) is 136 Å². The Hall–Kier alpha value is -12.8. The minimum Gasteiger partial charge on any atom is -0.437 e. The molecule has 0 spiro atoms. The molecule has 0 fully saturated rings. The first-order valence-electron chi connectivity index (χ1n) is 44.5. The van der Waals surface area contributed by atoms with Crippen LogP contribution in [-0.2, 0) is 53.9 Å². The number of aryl methyl sites for hydroxylation is 13. The molecule has 20 rings (SSSR count). The number of nitrogens with zero attached hydrogens (tertiary/aromatic N) is 8. The lowest BCUT2D eigenvalue weighted by atomic mass is 9.85. The van der Waals surface area contributed by atoms with Gasteiger partial charge in [0.2, 0.25) is 67.7 Å². The van der Waals surface area contributed by atoms with E-state index >= 15 is 0 Å². The molecular formula is C113H118N8O4+4. The average Bonchev–Trinajstić information content (AvgIpc) is 1.65. The van der Waals surface area contributed by atoms with Gasteiger partial charge in [-0.3, -0.25) is 0 Å². The van der Waals surface area contributed by atoms with E-state index in [1.54, 1.807) is 0 Å². The van der Waals surface area contributed by atoms with Crippen LogP contribution in [0.5, 0.6) is 0 Å². The monoisotopic (exact) mass is 1650 g/mol. The van der Waals surface area contributed by atoms with Crippen molar-refractivity contribution in [2.75, 3.05) is 0 Å². The number of aromatic nitrogens is 8. The van der Waals surface area contributed by atoms with Crippen molar-refractivity contribution in [3.8, 4) is 45.0 Å². The van der Waals surface area contributed by atoms with Gasteiger partial charge in [-0.1, -0.05) is 117 Å². The molecular weight excluding hydrogens is 1530 g/mol. The van der Waals surface area contributed by atoms with Crippen LogP contribution in [0.4, 0.5) is 0 Å². The fourth-order valence-corrected chi connectivity index (χ4v) is 19.2. The normalized spacial score (nSPS) is 12.1. The summed E-state index contributed by atoms with van der Waals surface area (Å²) in [7, 11) is 8.65. The molecule has 0 N–H and O–H groups in total. The highest BCUT2D eigenvalue weighted by Crippen LogP contribution is 2.45. The zero-order valence-electron chi connectivity index (χ0n) is 77.8. The molecule has 0 aliphatic carbocycles. The molecule has 12 aromatic heterocycles. The van der Waals surface area contributed by atoms with Gasteiger partial charge >= 0.3 is 0 Å². The highest BCUT2D eigenvalue weighted by Gasteiger charge is 2.32. The van der Waals surface area contributed by atoms with Crippen LogP contribution in [0, 0.1) is 99.8 Å². The van der Waals surface area contributed by atoms with Gasteiger partial charge in [-0.15, -0.1) is 0 Å². The summed E-state index contributed by atoms with van der Waals surface area (Å²) in [4.78, 5) is 18.6. The molecule has 630 valence electrons. The number of hydrogen-bond donors (Lipinski definition) is 0. The molecule has 0 bridgehead atoms. The topological polar surface area (TPSA) is 120 Å². The van der Waals surface area contributed by atoms with Crippen molar-refractivity contribution in [3.05, 3.63) is 284 Å². The Balaban J connectivity index is 0.000000118. The standard InChI is InChI=1S/2C29H31N2O.C28H29N2O.C27H27N2O/c1-17-15-23-22-12-11-18(2)30-28(22)32-27(23)26(19(17)3)25-14-13-21-20(16-29(4,5)6)9-8-10-24(21)31(25)7;1-17-14-23-22-13-12-18(2)30-28(22)32-27(23)26(19(17)3)25-15-20(16-29(4,5)6)21-10-8-9-11-24(21)31(25)7;1-16(2)14-20-8-7-9-24-21(20)12-13-25(30(24)6)26-19(5)17(3)15-23-22-11-10-18(4)29-28(22)31-27(23)26;1-6-9-19-15-24(29(5)23-11-8-7-10-20(19)23)25-18(4)16(2)14-22-21-13-12-17(3)28-27(21)30-26(22)25/h2*8-15H,16H2,1-7H3;7-13,15-16H,14H2,1-6H3;7-8,10-15H,6,9H2,1-5H3/q4*+1. The number of pyridine rings is 8. The van der Waals surface area contributed by atoms with Gasteiger partial charge in [0.25, 0.3) is 0 Å². The molecule has 20 aromatic rings. The molecule has 0 saturated heterocycles. The summed E-state index contributed by atoms with van der Waals surface area (Å²) in [6, 6.07) is 70.2. The van der Waals surface area contributed by atoms with Crippen LogP contribution in [0.3, 0.4) is 0 Å². The molecule has 0 amide bonds. The highest BCUT2D eigenvalue weighted by atomic mass is 16.4. The van der Waals surface area contributed by atoms with E-state index in [9.17, 15) is 0 Å². The van der Waals surface area contributed by atoms with Crippen LogP contribution in [-0.4, -0.2) is 19.9 Å². The summed E-state index contributed by atoms with van der Waals surface area (Å²) >= 11 is 0. The lowest BCUT2D eigenvalue weighted by Gasteiger charge is -2.20. The molecule has 12 heterocycles. The lowest BCUT2D eigenvalue weighted by Crippen LogP contribution is -2.33. The van der Waals surface area contributed by atoms with Crippen LogP contribution < -0.4 is 18.3 Å². The van der Waals surface area contributed by atoms with Crippen LogP contribution in [0.25, 0.3) is 177 Å². The summed E-state index contributed by atoms with van der Waals surface area (Å²) in [6.45, 7) is 46.1. The van der Waals surface area contributed by atoms with Gasteiger partial charge in [-0.05, 0) is 289 Å². The van der Waals surface area contributed by atoms with E-state index in [4.69, 9.17) is 17.7 Å². The van der Waals surface area contributed by atoms with Gasteiger partial charge < -0.3 is 17.7 Å². The first-order chi connectivity index (χ1) is 59.6. The molecule has 12 nitrogen and oxygen atoms in total. The van der Waals surface area contributed by atoms with E-state index < -0.39 is 0 Å². The Morgan fingerprint density at radius 1 is 0.288 bits per heavy atom. The van der Waals surface area contributed by atoms with E-state index in [0.717, 1.165) is 143 Å². The second-order valence-corrected chi connectivity index (χ2v) is 38.3. The summed E-state index contributed by atoms with van der Waals surface area (Å²) < 4.78 is 34.8. The van der Waals surface area contributed by atoms with Crippen molar-refractivity contribution in [1.29, 1.82) is 0 Å². The van der Waals surface area contributed by atoms with Gasteiger partial charge in [0.15, 0.2) is 22.3 Å². The first kappa shape index (κ1) is 84.4. The van der Waals surface area contributed by atoms with E-state index in [0.29, 0.717) is 28.8 Å². The van der Waals surface area contributed by atoms with E-state index in [-0.39, 0.29) is 10.8 Å². The molecule has 0 unspecified atom stereocenters. The fraction of sp³-hybridized carbons (Fsp3) is 0.292. The predicted molar refractivity (Wildman–Crippen MR) is 518 cm³/mol. The van der Waals surface area contributed by atoms with Crippen molar-refractivity contribution in [2.24, 2.45) is 44.9 Å². The minimum absolute atomic E-state index is 0.192. The van der Waals surface area contributed by atoms with Crippen LogP contribution in [0.15, 0.2) is 212 Å². The van der Waals surface area contributed by atoms with Crippen LogP contribution >= 0.6 is 0 Å². The molecule has 12 heteroatoms. The number of furan rings is 4. The van der Waals surface area contributed by atoms with Gasteiger partial charge in [0.1, 0.15) is 28.2 Å². The average molecular weight is 1650 g/mol. The Morgan fingerprint density at radius 2 is 0.568 bits per heavy atom. The van der Waals surface area contributed by atoms with Crippen molar-refractivity contribution in [3.63, 3.8) is 0 Å². The SMILES string of the molecule is CCCc1cc(-c2c(C)c(C)cc3c2oc2nc(C)ccc23)[n+](C)c2ccccc12.Cc1ccc2c(n1)oc1c(-c3cc(CC(C)(C)C)c4ccccc4[n+]3C)c(C)c(C)cc12.Cc1ccc2c(n1)oc1c(-c3ccc4c(CC(C)(C)C)cccc4[n+]3C)c(C)c(C)cc12.Cc1ccc2c(n1)oc1c(-c3ccc4c(CC(C)C)cccc4[n+]3C)c(C)c(C)cc12. The highest BCUT2D eigenvalue weighted by molar-refractivity contribution is 6.13. The second-order valence-electron chi connectivity index (χ2n) is 38.3. The van der Waals surface area contributed by atoms with Crippen molar-refractivity contribution in [2.45, 2.75) is 178 Å². The number of fused-ring (bicyclic) bond motifs is 16. The zero-order valence-corrected chi connectivity index (χ0v) is 77.8. The third-order valence-corrected chi connectivity index (χ3v) is 25.9. The Bertz CT molecular complexity index is 7760. The summed E-state index contributed by atoms with van der Waals surface area (Å²) in [5.41, 5.74) is 40.8. The predicted octanol–water partition coefficient (Wildman–Crippen LogP) is 27.5. The molecule has 0 radical (unpaired) electrons. The molecule has 125 heavy (non-hydrogen) atoms. The van der Waals surface area contributed by atoms with E-state index in [1.165, 1.54) is 133 Å². The van der Waals surface area contributed by atoms with Crippen molar-refractivity contribution in [1.82, 2.24) is 19.9 Å². The molecule has 8 aromatic carbocycles. The van der Waals surface area contributed by atoms with E-state index in [2.05, 4.69) is 378 Å². The zero-order chi connectivity index (χ0) is 88.4.